The number of aromatic nitrogens is 2. The Hall–Kier alpha value is -1.20. The molecule has 5 heteroatoms. The van der Waals surface area contributed by atoms with Gasteiger partial charge in [0.05, 0.1) is 0 Å². The van der Waals surface area contributed by atoms with E-state index >= 15 is 0 Å². The van der Waals surface area contributed by atoms with Crippen molar-refractivity contribution in [3.05, 3.63) is 23.4 Å². The molecule has 0 aromatic carbocycles. The van der Waals surface area contributed by atoms with E-state index in [-0.39, 0.29) is 5.41 Å². The molecule has 154 valence electrons. The van der Waals surface area contributed by atoms with E-state index < -0.39 is 0 Å². The predicted molar refractivity (Wildman–Crippen MR) is 112 cm³/mol. The maximum atomic E-state index is 5.96. The lowest BCUT2D eigenvalue weighted by atomic mass is 9.70. The molecule has 0 radical (unpaired) electrons. The monoisotopic (exact) mass is 376 g/mol. The van der Waals surface area contributed by atoms with Crippen LogP contribution in [0, 0.1) is 23.7 Å². The molecular formula is C22H40N4O. The van der Waals surface area contributed by atoms with Gasteiger partial charge in [-0.25, -0.2) is 0 Å². The number of allylic oxidation sites excluding steroid dienone is 1. The first-order valence-electron chi connectivity index (χ1n) is 10.4. The Morgan fingerprint density at radius 3 is 2.52 bits per heavy atom. The molecule has 1 aliphatic carbocycles. The summed E-state index contributed by atoms with van der Waals surface area (Å²) in [6.45, 7) is 16.5. The van der Waals surface area contributed by atoms with Crippen LogP contribution in [-0.4, -0.2) is 48.8 Å². The highest BCUT2D eigenvalue weighted by molar-refractivity contribution is 5.14. The number of rotatable bonds is 8. The fourth-order valence-electron chi connectivity index (χ4n) is 3.93. The van der Waals surface area contributed by atoms with Gasteiger partial charge < -0.3 is 14.6 Å². The van der Waals surface area contributed by atoms with Gasteiger partial charge in [0.2, 0.25) is 11.8 Å². The van der Waals surface area contributed by atoms with Crippen molar-refractivity contribution in [3.8, 4) is 0 Å². The maximum absolute atomic E-state index is 5.96. The molecule has 5 nitrogen and oxygen atoms in total. The summed E-state index contributed by atoms with van der Waals surface area (Å²) in [6.07, 6.45) is 4.56. The molecule has 0 saturated heterocycles. The lowest BCUT2D eigenvalue weighted by Crippen LogP contribution is -2.37. The van der Waals surface area contributed by atoms with Crippen molar-refractivity contribution in [2.75, 3.05) is 33.7 Å². The zero-order valence-corrected chi connectivity index (χ0v) is 18.7. The molecular weight excluding hydrogens is 336 g/mol. The van der Waals surface area contributed by atoms with Crippen molar-refractivity contribution >= 4 is 0 Å². The standard InChI is InChI=1S/C22H40N4O/c1-15(2)19-12-17(13-20-24-25-21(27-20)22(4,5)6)16(3)11-18(19)14-23-9-10-26(7)8/h11,15,17-19,23H,9-10,12-14H2,1-8H3. The predicted octanol–water partition coefficient (Wildman–Crippen LogP) is 3.92. The van der Waals surface area contributed by atoms with E-state index in [4.69, 9.17) is 4.42 Å². The van der Waals surface area contributed by atoms with E-state index in [2.05, 4.69) is 82.1 Å². The first kappa shape index (κ1) is 22.1. The Labute approximate surface area is 166 Å². The molecule has 1 N–H and O–H groups in total. The highest BCUT2D eigenvalue weighted by Crippen LogP contribution is 2.38. The molecule has 0 bridgehead atoms. The second-order valence-electron chi connectivity index (χ2n) is 9.88. The average Bonchev–Trinajstić information content (AvgIpc) is 3.02. The highest BCUT2D eigenvalue weighted by Gasteiger charge is 2.32. The van der Waals surface area contributed by atoms with Gasteiger partial charge in [-0.05, 0) is 51.1 Å². The lowest BCUT2D eigenvalue weighted by molar-refractivity contribution is 0.216. The summed E-state index contributed by atoms with van der Waals surface area (Å²) in [4.78, 5) is 2.22. The minimum absolute atomic E-state index is 0.0908. The van der Waals surface area contributed by atoms with E-state index in [0.717, 1.165) is 37.8 Å². The van der Waals surface area contributed by atoms with Crippen molar-refractivity contribution in [1.29, 1.82) is 0 Å². The molecule has 0 saturated carbocycles. The Morgan fingerprint density at radius 1 is 1.26 bits per heavy atom. The number of nitrogens with one attached hydrogen (secondary N) is 1. The molecule has 1 heterocycles. The van der Waals surface area contributed by atoms with Crippen LogP contribution in [0.25, 0.3) is 0 Å². The third-order valence-electron chi connectivity index (χ3n) is 5.73. The zero-order chi connectivity index (χ0) is 20.2. The van der Waals surface area contributed by atoms with Crippen LogP contribution >= 0.6 is 0 Å². The van der Waals surface area contributed by atoms with Gasteiger partial charge in [0, 0.05) is 31.5 Å². The summed E-state index contributed by atoms with van der Waals surface area (Å²) in [5.41, 5.74) is 1.38. The first-order chi connectivity index (χ1) is 12.6. The summed E-state index contributed by atoms with van der Waals surface area (Å²) in [5, 5.41) is 12.2. The summed E-state index contributed by atoms with van der Waals surface area (Å²) >= 11 is 0. The lowest BCUT2D eigenvalue weighted by Gasteiger charge is -2.37. The van der Waals surface area contributed by atoms with Crippen molar-refractivity contribution in [3.63, 3.8) is 0 Å². The average molecular weight is 377 g/mol. The van der Waals surface area contributed by atoms with Crippen LogP contribution in [0.2, 0.25) is 0 Å². The molecule has 1 aromatic rings. The third-order valence-corrected chi connectivity index (χ3v) is 5.73. The van der Waals surface area contributed by atoms with Gasteiger partial charge in [-0.3, -0.25) is 0 Å². The Kier molecular flexibility index (Phi) is 7.64. The maximum Gasteiger partial charge on any atom is 0.221 e. The minimum atomic E-state index is -0.0908. The molecule has 1 aromatic heterocycles. The van der Waals surface area contributed by atoms with E-state index in [1.165, 1.54) is 12.0 Å². The first-order valence-corrected chi connectivity index (χ1v) is 10.4. The Balaban J connectivity index is 2.02. The SMILES string of the molecule is CC1=CC(CNCCN(C)C)C(C(C)C)CC1Cc1nnc(C(C)(C)C)o1. The Morgan fingerprint density at radius 2 is 1.96 bits per heavy atom. The van der Waals surface area contributed by atoms with E-state index in [0.29, 0.717) is 23.7 Å². The molecule has 2 rings (SSSR count). The fourth-order valence-corrected chi connectivity index (χ4v) is 3.93. The van der Waals surface area contributed by atoms with Crippen LogP contribution in [0.15, 0.2) is 16.1 Å². The second-order valence-corrected chi connectivity index (χ2v) is 9.88. The van der Waals surface area contributed by atoms with Gasteiger partial charge in [0.25, 0.3) is 0 Å². The van der Waals surface area contributed by atoms with Gasteiger partial charge >= 0.3 is 0 Å². The van der Waals surface area contributed by atoms with Gasteiger partial charge in [0.15, 0.2) is 0 Å². The summed E-state index contributed by atoms with van der Waals surface area (Å²) in [5.74, 6) is 3.99. The largest absolute Gasteiger partial charge is 0.425 e. The van der Waals surface area contributed by atoms with E-state index in [9.17, 15) is 0 Å². The molecule has 1 aliphatic rings. The van der Waals surface area contributed by atoms with Crippen molar-refractivity contribution in [2.45, 2.75) is 59.8 Å². The molecule has 0 fully saturated rings. The van der Waals surface area contributed by atoms with Crippen LogP contribution in [-0.2, 0) is 11.8 Å². The molecule has 3 atom stereocenters. The fraction of sp³-hybridized carbons (Fsp3) is 0.818. The number of nitrogens with zero attached hydrogens (tertiary/aromatic N) is 3. The van der Waals surface area contributed by atoms with Crippen LogP contribution < -0.4 is 5.32 Å². The highest BCUT2D eigenvalue weighted by atomic mass is 16.4. The minimum Gasteiger partial charge on any atom is -0.425 e. The summed E-state index contributed by atoms with van der Waals surface area (Å²) in [7, 11) is 4.24. The van der Waals surface area contributed by atoms with Crippen LogP contribution in [0.1, 0.15) is 59.7 Å². The zero-order valence-electron chi connectivity index (χ0n) is 18.7. The normalized spacial score (nSPS) is 23.9. The molecule has 3 unspecified atom stereocenters. The van der Waals surface area contributed by atoms with E-state index in [1.54, 1.807) is 0 Å². The van der Waals surface area contributed by atoms with Crippen LogP contribution in [0.3, 0.4) is 0 Å². The molecule has 0 amide bonds. The van der Waals surface area contributed by atoms with E-state index in [1.807, 2.05) is 0 Å². The summed E-state index contributed by atoms with van der Waals surface area (Å²) in [6, 6.07) is 0. The quantitative estimate of drug-likeness (QED) is 0.550. The van der Waals surface area contributed by atoms with Crippen LogP contribution in [0.5, 0.6) is 0 Å². The smallest absolute Gasteiger partial charge is 0.221 e. The van der Waals surface area contributed by atoms with Gasteiger partial charge in [-0.2, -0.15) is 0 Å². The van der Waals surface area contributed by atoms with Crippen molar-refractivity contribution in [2.24, 2.45) is 23.7 Å². The number of hydrogen-bond acceptors (Lipinski definition) is 5. The molecule has 0 spiro atoms. The van der Waals surface area contributed by atoms with Gasteiger partial charge in [-0.1, -0.05) is 46.3 Å². The summed E-state index contributed by atoms with van der Waals surface area (Å²) < 4.78 is 5.96. The molecule has 0 aliphatic heterocycles. The van der Waals surface area contributed by atoms with Gasteiger partial charge in [-0.15, -0.1) is 10.2 Å². The van der Waals surface area contributed by atoms with Crippen LogP contribution in [0.4, 0.5) is 0 Å². The third kappa shape index (κ3) is 6.42. The Bertz CT molecular complexity index is 612. The number of likely N-dealkylation sites (N-methyl/N-ethyl adjacent to an activating group) is 1. The number of hydrogen-bond donors (Lipinski definition) is 1. The van der Waals surface area contributed by atoms with Crippen molar-refractivity contribution in [1.82, 2.24) is 20.4 Å². The topological polar surface area (TPSA) is 54.2 Å². The molecule has 27 heavy (non-hydrogen) atoms. The van der Waals surface area contributed by atoms with Gasteiger partial charge in [0.1, 0.15) is 0 Å². The second kappa shape index (κ2) is 9.33. The van der Waals surface area contributed by atoms with Crippen molar-refractivity contribution < 1.29 is 4.42 Å².